The van der Waals surface area contributed by atoms with Crippen LogP contribution in [0.3, 0.4) is 0 Å². The quantitative estimate of drug-likeness (QED) is 0.527. The van der Waals surface area contributed by atoms with Gasteiger partial charge >= 0.3 is 0 Å². The average molecular weight is 219 g/mol. The highest BCUT2D eigenvalue weighted by atomic mass is 14.5. The Kier molecular flexibility index (Phi) is 3.34. The Labute approximate surface area is 102 Å². The molecule has 0 aromatic heterocycles. The van der Waals surface area contributed by atoms with Crippen LogP contribution in [0.15, 0.2) is 47.6 Å². The zero-order valence-corrected chi connectivity index (χ0v) is 9.75. The van der Waals surface area contributed by atoms with Gasteiger partial charge in [-0.25, -0.2) is 0 Å². The first-order valence-corrected chi connectivity index (χ1v) is 5.48. The highest BCUT2D eigenvalue weighted by Crippen LogP contribution is 2.07. The Hall–Kier alpha value is -2.38. The topological polar surface area (TPSA) is 26.0 Å². The molecule has 0 heterocycles. The minimum atomic E-state index is 0.718. The maximum Gasteiger partial charge on any atom is 0.0423 e. The van der Waals surface area contributed by atoms with E-state index in [0.29, 0.717) is 0 Å². The number of allylic oxidation sites excluding steroid dienone is 4. The Balaban J connectivity index is 2.18. The smallest absolute Gasteiger partial charge is 0.0423 e. The van der Waals surface area contributed by atoms with E-state index in [2.05, 4.69) is 23.7 Å². The van der Waals surface area contributed by atoms with Gasteiger partial charge in [0.2, 0.25) is 0 Å². The number of benzene rings is 1. The summed E-state index contributed by atoms with van der Waals surface area (Å²) in [5.41, 5.74) is 9.47. The van der Waals surface area contributed by atoms with Crippen molar-refractivity contribution in [3.63, 3.8) is 0 Å². The third kappa shape index (κ3) is 3.30. The van der Waals surface area contributed by atoms with Gasteiger partial charge in [0.25, 0.3) is 0 Å². The van der Waals surface area contributed by atoms with Crippen LogP contribution in [0.25, 0.3) is 0 Å². The molecule has 2 N–H and O–H groups in total. The lowest BCUT2D eigenvalue weighted by atomic mass is 10.1. The van der Waals surface area contributed by atoms with Crippen LogP contribution in [0.4, 0.5) is 5.69 Å². The van der Waals surface area contributed by atoms with E-state index < -0.39 is 0 Å². The van der Waals surface area contributed by atoms with Gasteiger partial charge in [-0.1, -0.05) is 23.7 Å². The maximum atomic E-state index is 5.62. The summed E-state index contributed by atoms with van der Waals surface area (Å²) in [6.07, 6.45) is 4.75. The molecule has 1 heteroatoms. The number of nitrogen functional groups attached to an aromatic ring is 1. The van der Waals surface area contributed by atoms with E-state index in [9.17, 15) is 0 Å². The van der Waals surface area contributed by atoms with Crippen LogP contribution in [0.2, 0.25) is 0 Å². The van der Waals surface area contributed by atoms with Gasteiger partial charge in [-0.2, -0.15) is 0 Å². The molecule has 1 nitrogen and oxygen atoms in total. The molecule has 0 saturated heterocycles. The lowest BCUT2D eigenvalue weighted by molar-refractivity contribution is 1.37. The molecule has 0 unspecified atom stereocenters. The van der Waals surface area contributed by atoms with Crippen molar-refractivity contribution in [1.29, 1.82) is 0 Å². The molecule has 0 atom stereocenters. The summed E-state index contributed by atoms with van der Waals surface area (Å²) < 4.78 is 0. The van der Waals surface area contributed by atoms with E-state index in [1.807, 2.05) is 43.3 Å². The zero-order valence-electron chi connectivity index (χ0n) is 9.75. The van der Waals surface area contributed by atoms with Crippen molar-refractivity contribution in [3.05, 3.63) is 53.1 Å². The van der Waals surface area contributed by atoms with E-state index in [-0.39, 0.29) is 0 Å². The van der Waals surface area contributed by atoms with Crippen molar-refractivity contribution in [2.45, 2.75) is 13.3 Å². The molecule has 17 heavy (non-hydrogen) atoms. The van der Waals surface area contributed by atoms with Crippen molar-refractivity contribution < 1.29 is 0 Å². The molecular formula is C16H13N. The number of nitrogens with two attached hydrogens (primary N) is 1. The average Bonchev–Trinajstić information content (AvgIpc) is 2.54. The van der Waals surface area contributed by atoms with Gasteiger partial charge in [0, 0.05) is 23.2 Å². The molecule has 0 saturated carbocycles. The van der Waals surface area contributed by atoms with Gasteiger partial charge in [0.1, 0.15) is 0 Å². The Morgan fingerprint density at radius 1 is 1.12 bits per heavy atom. The van der Waals surface area contributed by atoms with Crippen molar-refractivity contribution in [1.82, 2.24) is 0 Å². The first-order chi connectivity index (χ1) is 8.24. The summed E-state index contributed by atoms with van der Waals surface area (Å²) in [6, 6.07) is 7.56. The number of anilines is 1. The second kappa shape index (κ2) is 5.10. The molecule has 82 valence electrons. The van der Waals surface area contributed by atoms with Crippen molar-refractivity contribution in [3.8, 4) is 23.7 Å². The van der Waals surface area contributed by atoms with Crippen molar-refractivity contribution >= 4 is 5.69 Å². The molecule has 1 aromatic carbocycles. The molecule has 0 radical (unpaired) electrons. The SMILES string of the molecule is CC1=CC=C(C#Cc2ccc(N)cc2)CC#C1. The van der Waals surface area contributed by atoms with Gasteiger partial charge < -0.3 is 5.73 Å². The summed E-state index contributed by atoms with van der Waals surface area (Å²) in [5, 5.41) is 0. The van der Waals surface area contributed by atoms with E-state index in [4.69, 9.17) is 5.73 Å². The van der Waals surface area contributed by atoms with Crippen LogP contribution in [0.5, 0.6) is 0 Å². The summed E-state index contributed by atoms with van der Waals surface area (Å²) >= 11 is 0. The molecule has 1 aliphatic rings. The molecule has 0 spiro atoms. The summed E-state index contributed by atoms with van der Waals surface area (Å²) in [7, 11) is 0. The standard InChI is InChI=1S/C16H13N/c1-13-3-2-4-14(6-5-13)7-8-15-9-11-16(17)12-10-15/h5-6,9-12H,4,17H2,1H3. The molecule has 0 amide bonds. The molecule has 1 aliphatic carbocycles. The molecule has 0 bridgehead atoms. The van der Waals surface area contributed by atoms with Crippen LogP contribution in [0, 0.1) is 23.7 Å². The molecule has 0 fully saturated rings. The lowest BCUT2D eigenvalue weighted by Crippen LogP contribution is -1.83. The van der Waals surface area contributed by atoms with E-state index in [1.54, 1.807) is 0 Å². The minimum absolute atomic E-state index is 0.718. The Morgan fingerprint density at radius 2 is 1.88 bits per heavy atom. The number of hydrogen-bond acceptors (Lipinski definition) is 1. The highest BCUT2D eigenvalue weighted by Gasteiger charge is 1.93. The van der Waals surface area contributed by atoms with Crippen LogP contribution >= 0.6 is 0 Å². The highest BCUT2D eigenvalue weighted by molar-refractivity contribution is 5.49. The lowest BCUT2D eigenvalue weighted by Gasteiger charge is -1.92. The fourth-order valence-corrected chi connectivity index (χ4v) is 1.41. The van der Waals surface area contributed by atoms with Crippen LogP contribution in [-0.2, 0) is 0 Å². The fraction of sp³-hybridized carbons (Fsp3) is 0.125. The van der Waals surface area contributed by atoms with Gasteiger partial charge in [-0.3, -0.25) is 0 Å². The second-order valence-corrected chi connectivity index (χ2v) is 3.89. The van der Waals surface area contributed by atoms with Crippen LogP contribution < -0.4 is 5.73 Å². The first-order valence-electron chi connectivity index (χ1n) is 5.48. The largest absolute Gasteiger partial charge is 0.399 e. The van der Waals surface area contributed by atoms with Gasteiger partial charge in [-0.15, -0.1) is 0 Å². The third-order valence-corrected chi connectivity index (χ3v) is 2.38. The molecule has 0 aliphatic heterocycles. The second-order valence-electron chi connectivity index (χ2n) is 3.89. The predicted molar refractivity (Wildman–Crippen MR) is 72.0 cm³/mol. The fourth-order valence-electron chi connectivity index (χ4n) is 1.41. The third-order valence-electron chi connectivity index (χ3n) is 2.38. The Morgan fingerprint density at radius 3 is 2.65 bits per heavy atom. The summed E-state index contributed by atoms with van der Waals surface area (Å²) in [4.78, 5) is 0. The predicted octanol–water partition coefficient (Wildman–Crippen LogP) is 2.90. The molecule has 2 rings (SSSR count). The van der Waals surface area contributed by atoms with Gasteiger partial charge in [-0.05, 0) is 48.9 Å². The maximum absolute atomic E-state index is 5.62. The van der Waals surface area contributed by atoms with E-state index in [0.717, 1.165) is 28.8 Å². The minimum Gasteiger partial charge on any atom is -0.399 e. The molecule has 1 aromatic rings. The monoisotopic (exact) mass is 219 g/mol. The van der Waals surface area contributed by atoms with Gasteiger partial charge in [0.05, 0.1) is 0 Å². The summed E-state index contributed by atoms with van der Waals surface area (Å²) in [5.74, 6) is 12.4. The van der Waals surface area contributed by atoms with Gasteiger partial charge in [0.15, 0.2) is 0 Å². The normalized spacial score (nSPS) is 13.2. The number of rotatable bonds is 0. The van der Waals surface area contributed by atoms with Crippen LogP contribution in [-0.4, -0.2) is 0 Å². The van der Waals surface area contributed by atoms with E-state index >= 15 is 0 Å². The number of hydrogen-bond donors (Lipinski definition) is 1. The summed E-state index contributed by atoms with van der Waals surface area (Å²) in [6.45, 7) is 2.00. The zero-order chi connectivity index (χ0) is 12.1. The molecular weight excluding hydrogens is 206 g/mol. The first kappa shape index (κ1) is 11.1. The van der Waals surface area contributed by atoms with E-state index in [1.165, 1.54) is 0 Å². The van der Waals surface area contributed by atoms with Crippen LogP contribution in [0.1, 0.15) is 18.9 Å². The van der Waals surface area contributed by atoms with Crippen molar-refractivity contribution in [2.24, 2.45) is 0 Å². The Bertz CT molecular complexity index is 593. The van der Waals surface area contributed by atoms with Crippen molar-refractivity contribution in [2.75, 3.05) is 5.73 Å².